The molecule has 1 saturated heterocycles. The van der Waals surface area contributed by atoms with Gasteiger partial charge in [-0.25, -0.2) is 12.7 Å². The molecule has 0 amide bonds. The lowest BCUT2D eigenvalue weighted by Crippen LogP contribution is -2.41. The van der Waals surface area contributed by atoms with Crippen molar-refractivity contribution in [1.29, 1.82) is 0 Å². The largest absolute Gasteiger partial charge is 0.326 e. The highest BCUT2D eigenvalue weighted by Gasteiger charge is 2.25. The molecule has 1 aliphatic heterocycles. The minimum absolute atomic E-state index is 0.177. The van der Waals surface area contributed by atoms with E-state index in [1.54, 1.807) is 4.31 Å². The van der Waals surface area contributed by atoms with Crippen molar-refractivity contribution >= 4 is 10.0 Å². The number of nitrogens with two attached hydrogens (primary N) is 1. The molecule has 0 saturated carbocycles. The third-order valence-electron chi connectivity index (χ3n) is 2.71. The van der Waals surface area contributed by atoms with Gasteiger partial charge in [0, 0.05) is 18.6 Å². The van der Waals surface area contributed by atoms with Crippen LogP contribution in [0.25, 0.3) is 0 Å². The van der Waals surface area contributed by atoms with E-state index in [4.69, 9.17) is 5.73 Å². The van der Waals surface area contributed by atoms with E-state index < -0.39 is 15.6 Å². The predicted molar refractivity (Wildman–Crippen MR) is 62.1 cm³/mol. The second kappa shape index (κ2) is 4.80. The first kappa shape index (κ1) is 12.9. The molecule has 0 spiro atoms. The summed E-state index contributed by atoms with van der Waals surface area (Å²) in [5.41, 5.74) is 5.39. The van der Waals surface area contributed by atoms with Gasteiger partial charge >= 0.3 is 0 Å². The molecule has 0 unspecified atom stereocenters. The number of nitrogens with zero attached hydrogens (tertiary/aromatic N) is 1. The molecular weight excluding hydrogens is 212 g/mol. The van der Waals surface area contributed by atoms with E-state index in [-0.39, 0.29) is 5.75 Å². The van der Waals surface area contributed by atoms with Gasteiger partial charge in [0.05, 0.1) is 5.75 Å². The first-order valence-corrected chi connectivity index (χ1v) is 7.19. The maximum atomic E-state index is 11.9. The highest BCUT2D eigenvalue weighted by Crippen LogP contribution is 2.15. The Labute approximate surface area is 92.9 Å². The van der Waals surface area contributed by atoms with Crippen molar-refractivity contribution in [3.05, 3.63) is 0 Å². The van der Waals surface area contributed by atoms with E-state index in [0.717, 1.165) is 19.3 Å². The molecule has 0 aromatic carbocycles. The van der Waals surface area contributed by atoms with E-state index in [0.29, 0.717) is 19.5 Å². The van der Waals surface area contributed by atoms with Gasteiger partial charge in [-0.3, -0.25) is 0 Å². The molecule has 1 aliphatic rings. The van der Waals surface area contributed by atoms with E-state index in [9.17, 15) is 8.42 Å². The van der Waals surface area contributed by atoms with Gasteiger partial charge in [0.25, 0.3) is 0 Å². The minimum atomic E-state index is -3.06. The Balaban J connectivity index is 2.51. The third kappa shape index (κ3) is 4.49. The van der Waals surface area contributed by atoms with Gasteiger partial charge in [0.1, 0.15) is 0 Å². The van der Waals surface area contributed by atoms with Crippen LogP contribution in [0, 0.1) is 0 Å². The summed E-state index contributed by atoms with van der Waals surface area (Å²) in [5, 5.41) is 0. The summed E-state index contributed by atoms with van der Waals surface area (Å²) in [5.74, 6) is 0.177. The number of hydrogen-bond donors (Lipinski definition) is 1. The number of sulfonamides is 1. The molecule has 4 nitrogen and oxygen atoms in total. The van der Waals surface area contributed by atoms with Gasteiger partial charge in [-0.2, -0.15) is 0 Å². The van der Waals surface area contributed by atoms with Crippen LogP contribution in [0.15, 0.2) is 0 Å². The molecule has 0 aliphatic carbocycles. The third-order valence-corrected chi connectivity index (χ3v) is 4.58. The number of hydrogen-bond acceptors (Lipinski definition) is 3. The molecule has 5 heteroatoms. The molecule has 1 rings (SSSR count). The molecule has 0 atom stereocenters. The Bertz CT molecular complexity index is 287. The Morgan fingerprint density at radius 1 is 1.20 bits per heavy atom. The van der Waals surface area contributed by atoms with Crippen molar-refractivity contribution < 1.29 is 8.42 Å². The fourth-order valence-electron chi connectivity index (χ4n) is 1.66. The topological polar surface area (TPSA) is 63.4 Å². The molecule has 0 aromatic rings. The fraction of sp³-hybridized carbons (Fsp3) is 1.00. The predicted octanol–water partition coefficient (Wildman–Crippen LogP) is 0.929. The zero-order chi connectivity index (χ0) is 11.5. The Hall–Kier alpha value is -0.130. The molecule has 0 bridgehead atoms. The summed E-state index contributed by atoms with van der Waals surface area (Å²) < 4.78 is 25.4. The molecule has 90 valence electrons. The molecule has 15 heavy (non-hydrogen) atoms. The van der Waals surface area contributed by atoms with E-state index >= 15 is 0 Å². The SMILES string of the molecule is CC(C)(N)CCS(=O)(=O)N1CCCCC1. The molecule has 1 heterocycles. The molecular formula is C10H22N2O2S. The van der Waals surface area contributed by atoms with Gasteiger partial charge in [-0.15, -0.1) is 0 Å². The number of rotatable bonds is 4. The summed E-state index contributed by atoms with van der Waals surface area (Å²) >= 11 is 0. The molecule has 0 aromatic heterocycles. The second-order valence-electron chi connectivity index (χ2n) is 5.01. The van der Waals surface area contributed by atoms with Crippen LogP contribution in [0.2, 0.25) is 0 Å². The van der Waals surface area contributed by atoms with Crippen LogP contribution in [0.4, 0.5) is 0 Å². The van der Waals surface area contributed by atoms with Crippen LogP contribution in [0.1, 0.15) is 39.5 Å². The molecule has 1 fully saturated rings. The number of piperidine rings is 1. The van der Waals surface area contributed by atoms with Crippen molar-refractivity contribution in [3.8, 4) is 0 Å². The van der Waals surface area contributed by atoms with Crippen molar-refractivity contribution in [3.63, 3.8) is 0 Å². The highest BCUT2D eigenvalue weighted by molar-refractivity contribution is 7.89. The lowest BCUT2D eigenvalue weighted by Gasteiger charge is -2.27. The van der Waals surface area contributed by atoms with Crippen LogP contribution in [0.3, 0.4) is 0 Å². The maximum absolute atomic E-state index is 11.9. The van der Waals surface area contributed by atoms with E-state index in [1.807, 2.05) is 13.8 Å². The summed E-state index contributed by atoms with van der Waals surface area (Å²) in [4.78, 5) is 0. The standard InChI is InChI=1S/C10H22N2O2S/c1-10(2,11)6-9-15(13,14)12-7-4-3-5-8-12/h3-9,11H2,1-2H3. The summed E-state index contributed by atoms with van der Waals surface area (Å²) in [6.07, 6.45) is 3.65. The van der Waals surface area contributed by atoms with Gasteiger partial charge in [0.2, 0.25) is 10.0 Å². The maximum Gasteiger partial charge on any atom is 0.214 e. The lowest BCUT2D eigenvalue weighted by molar-refractivity contribution is 0.344. The zero-order valence-electron chi connectivity index (χ0n) is 9.70. The average molecular weight is 234 g/mol. The first-order valence-electron chi connectivity index (χ1n) is 5.58. The van der Waals surface area contributed by atoms with Crippen molar-refractivity contribution in [2.75, 3.05) is 18.8 Å². The monoisotopic (exact) mass is 234 g/mol. The lowest BCUT2D eigenvalue weighted by atomic mass is 10.0. The normalized spacial score (nSPS) is 20.5. The second-order valence-corrected chi connectivity index (χ2v) is 7.10. The van der Waals surface area contributed by atoms with Gasteiger partial charge in [-0.1, -0.05) is 6.42 Å². The van der Waals surface area contributed by atoms with Crippen molar-refractivity contribution in [2.45, 2.75) is 45.1 Å². The highest BCUT2D eigenvalue weighted by atomic mass is 32.2. The van der Waals surface area contributed by atoms with Crippen LogP contribution in [-0.2, 0) is 10.0 Å². The smallest absolute Gasteiger partial charge is 0.214 e. The van der Waals surface area contributed by atoms with Crippen LogP contribution in [0.5, 0.6) is 0 Å². The fourth-order valence-corrected chi connectivity index (χ4v) is 3.52. The molecule has 0 radical (unpaired) electrons. The minimum Gasteiger partial charge on any atom is -0.326 e. The van der Waals surface area contributed by atoms with Gasteiger partial charge in [0.15, 0.2) is 0 Å². The van der Waals surface area contributed by atoms with Crippen molar-refractivity contribution in [1.82, 2.24) is 4.31 Å². The Kier molecular flexibility index (Phi) is 4.14. The average Bonchev–Trinajstić information content (AvgIpc) is 2.16. The van der Waals surface area contributed by atoms with E-state index in [1.165, 1.54) is 0 Å². The van der Waals surface area contributed by atoms with Crippen molar-refractivity contribution in [2.24, 2.45) is 5.73 Å². The quantitative estimate of drug-likeness (QED) is 0.787. The summed E-state index contributed by atoms with van der Waals surface area (Å²) in [7, 11) is -3.06. The Morgan fingerprint density at radius 2 is 1.73 bits per heavy atom. The van der Waals surface area contributed by atoms with E-state index in [2.05, 4.69) is 0 Å². The molecule has 2 N–H and O–H groups in total. The van der Waals surface area contributed by atoms with Gasteiger partial charge < -0.3 is 5.73 Å². The van der Waals surface area contributed by atoms with Crippen LogP contribution < -0.4 is 5.73 Å². The zero-order valence-corrected chi connectivity index (χ0v) is 10.5. The summed E-state index contributed by atoms with van der Waals surface area (Å²) in [6, 6.07) is 0. The van der Waals surface area contributed by atoms with Crippen LogP contribution >= 0.6 is 0 Å². The van der Waals surface area contributed by atoms with Gasteiger partial charge in [-0.05, 0) is 33.1 Å². The van der Waals surface area contributed by atoms with Crippen LogP contribution in [-0.4, -0.2) is 37.1 Å². The Morgan fingerprint density at radius 3 is 2.20 bits per heavy atom. The summed E-state index contributed by atoms with van der Waals surface area (Å²) in [6.45, 7) is 5.10. The first-order chi connectivity index (χ1) is 6.81.